The van der Waals surface area contributed by atoms with E-state index in [1.54, 1.807) is 18.2 Å². The van der Waals surface area contributed by atoms with Gasteiger partial charge < -0.3 is 19.2 Å². The molecule has 4 rings (SSSR count). The van der Waals surface area contributed by atoms with Crippen LogP contribution >= 0.6 is 0 Å². The van der Waals surface area contributed by atoms with Gasteiger partial charge in [-0.1, -0.05) is 52.0 Å². The summed E-state index contributed by atoms with van der Waals surface area (Å²) in [4.78, 5) is 25.8. The second-order valence-corrected chi connectivity index (χ2v) is 9.97. The third-order valence-electron chi connectivity index (χ3n) is 6.14. The van der Waals surface area contributed by atoms with Crippen LogP contribution in [0.15, 0.2) is 70.1 Å². The number of ether oxygens (including phenoxy) is 2. The van der Waals surface area contributed by atoms with Crippen LogP contribution in [0.1, 0.15) is 61.8 Å². The van der Waals surface area contributed by atoms with Crippen molar-refractivity contribution in [3.63, 3.8) is 0 Å². The first-order valence-electron chi connectivity index (χ1n) is 12.5. The van der Waals surface area contributed by atoms with Crippen molar-refractivity contribution in [1.29, 1.82) is 0 Å². The van der Waals surface area contributed by atoms with Gasteiger partial charge in [0.05, 0.1) is 5.39 Å². The zero-order chi connectivity index (χ0) is 26.7. The fourth-order valence-electron chi connectivity index (χ4n) is 4.39. The van der Waals surface area contributed by atoms with Crippen LogP contribution in [0.3, 0.4) is 0 Å². The van der Waals surface area contributed by atoms with Crippen molar-refractivity contribution in [2.24, 2.45) is 0 Å². The summed E-state index contributed by atoms with van der Waals surface area (Å²) < 4.78 is 17.2. The zero-order valence-electron chi connectivity index (χ0n) is 22.2. The summed E-state index contributed by atoms with van der Waals surface area (Å²) in [6.45, 7) is 12.2. The van der Waals surface area contributed by atoms with E-state index in [0.29, 0.717) is 22.5 Å². The van der Waals surface area contributed by atoms with Gasteiger partial charge in [0.2, 0.25) is 11.2 Å². The molecule has 0 aliphatic heterocycles. The standard InChI is InChI=1S/C31H33NO5/c1-18(2)24-8-7-9-25(19(3)4)30(24)32-29(33)17-35-22-10-11-26-27(15-22)36-16-28(31(26)34)37-23-13-20(5)12-21(6)14-23/h7-16,18-19H,17H2,1-6H3,(H,32,33). The Morgan fingerprint density at radius 2 is 1.54 bits per heavy atom. The fourth-order valence-corrected chi connectivity index (χ4v) is 4.39. The predicted molar refractivity (Wildman–Crippen MR) is 147 cm³/mol. The van der Waals surface area contributed by atoms with E-state index in [-0.39, 0.29) is 35.5 Å². The fraction of sp³-hybridized carbons (Fsp3) is 0.290. The highest BCUT2D eigenvalue weighted by molar-refractivity contribution is 5.94. The molecule has 1 aromatic heterocycles. The number of rotatable bonds is 8. The van der Waals surface area contributed by atoms with Gasteiger partial charge in [-0.05, 0) is 72.2 Å². The Hall–Kier alpha value is -4.06. The molecule has 37 heavy (non-hydrogen) atoms. The maximum Gasteiger partial charge on any atom is 0.262 e. The van der Waals surface area contributed by atoms with Crippen LogP contribution < -0.4 is 20.2 Å². The summed E-state index contributed by atoms with van der Waals surface area (Å²) in [5.41, 5.74) is 5.18. The molecule has 0 radical (unpaired) electrons. The Bertz CT molecular complexity index is 1450. The lowest BCUT2D eigenvalue weighted by Gasteiger charge is -2.20. The van der Waals surface area contributed by atoms with Crippen LogP contribution in [0.4, 0.5) is 5.69 Å². The average molecular weight is 500 g/mol. The monoisotopic (exact) mass is 499 g/mol. The van der Waals surface area contributed by atoms with Gasteiger partial charge in [-0.2, -0.15) is 0 Å². The van der Waals surface area contributed by atoms with Crippen LogP contribution in [0.25, 0.3) is 11.0 Å². The Morgan fingerprint density at radius 3 is 2.16 bits per heavy atom. The number of benzene rings is 3. The molecular formula is C31H33NO5. The minimum Gasteiger partial charge on any atom is -0.484 e. The van der Waals surface area contributed by atoms with Gasteiger partial charge in [-0.3, -0.25) is 9.59 Å². The van der Waals surface area contributed by atoms with Crippen molar-refractivity contribution in [1.82, 2.24) is 0 Å². The first-order valence-corrected chi connectivity index (χ1v) is 12.5. The third-order valence-corrected chi connectivity index (χ3v) is 6.14. The molecule has 3 aromatic carbocycles. The van der Waals surface area contributed by atoms with Crippen molar-refractivity contribution in [2.75, 3.05) is 11.9 Å². The Labute approximate surface area is 217 Å². The van der Waals surface area contributed by atoms with Crippen molar-refractivity contribution in [3.05, 3.63) is 93.3 Å². The lowest BCUT2D eigenvalue weighted by atomic mass is 9.92. The van der Waals surface area contributed by atoms with Gasteiger partial charge in [0.1, 0.15) is 23.3 Å². The Balaban J connectivity index is 1.49. The van der Waals surface area contributed by atoms with Gasteiger partial charge in [0.25, 0.3) is 5.91 Å². The van der Waals surface area contributed by atoms with Crippen molar-refractivity contribution in [2.45, 2.75) is 53.4 Å². The molecule has 0 saturated carbocycles. The Morgan fingerprint density at radius 1 is 0.892 bits per heavy atom. The summed E-state index contributed by atoms with van der Waals surface area (Å²) in [7, 11) is 0. The molecule has 6 nitrogen and oxygen atoms in total. The molecule has 6 heteroatoms. The molecule has 192 valence electrons. The highest BCUT2D eigenvalue weighted by Crippen LogP contribution is 2.32. The maximum atomic E-state index is 13.0. The second kappa shape index (κ2) is 10.9. The summed E-state index contributed by atoms with van der Waals surface area (Å²) in [6.07, 6.45) is 1.30. The lowest BCUT2D eigenvalue weighted by Crippen LogP contribution is -2.22. The van der Waals surface area contributed by atoms with E-state index in [1.165, 1.54) is 6.26 Å². The first-order chi connectivity index (χ1) is 17.6. The van der Waals surface area contributed by atoms with Gasteiger partial charge in [0, 0.05) is 11.8 Å². The van der Waals surface area contributed by atoms with E-state index >= 15 is 0 Å². The molecule has 0 unspecified atom stereocenters. The van der Waals surface area contributed by atoms with Gasteiger partial charge >= 0.3 is 0 Å². The van der Waals surface area contributed by atoms with Crippen molar-refractivity contribution >= 4 is 22.6 Å². The predicted octanol–water partition coefficient (Wildman–Crippen LogP) is 7.47. The number of hydrogen-bond acceptors (Lipinski definition) is 5. The van der Waals surface area contributed by atoms with E-state index in [0.717, 1.165) is 27.9 Å². The molecule has 0 bridgehead atoms. The van der Waals surface area contributed by atoms with Crippen molar-refractivity contribution < 1.29 is 18.7 Å². The smallest absolute Gasteiger partial charge is 0.262 e. The van der Waals surface area contributed by atoms with E-state index in [2.05, 4.69) is 33.0 Å². The summed E-state index contributed by atoms with van der Waals surface area (Å²) in [6, 6.07) is 16.7. The SMILES string of the molecule is Cc1cc(C)cc(Oc2coc3cc(OCC(=O)Nc4c(C(C)C)cccc4C(C)C)ccc3c2=O)c1. The van der Waals surface area contributed by atoms with E-state index in [9.17, 15) is 9.59 Å². The van der Waals surface area contributed by atoms with Gasteiger partial charge in [0.15, 0.2) is 6.61 Å². The maximum absolute atomic E-state index is 13.0. The normalized spacial score (nSPS) is 11.2. The number of amides is 1. The molecule has 1 heterocycles. The molecule has 1 amide bonds. The number of hydrogen-bond donors (Lipinski definition) is 1. The molecule has 0 saturated heterocycles. The van der Waals surface area contributed by atoms with Crippen LogP contribution in [-0.4, -0.2) is 12.5 Å². The third kappa shape index (κ3) is 6.02. The lowest BCUT2D eigenvalue weighted by molar-refractivity contribution is -0.118. The summed E-state index contributed by atoms with van der Waals surface area (Å²) in [5, 5.41) is 3.41. The first kappa shape index (κ1) is 26.0. The summed E-state index contributed by atoms with van der Waals surface area (Å²) >= 11 is 0. The van der Waals surface area contributed by atoms with Crippen molar-refractivity contribution in [3.8, 4) is 17.2 Å². The van der Waals surface area contributed by atoms with Crippen LogP contribution in [-0.2, 0) is 4.79 Å². The highest BCUT2D eigenvalue weighted by Gasteiger charge is 2.17. The Kier molecular flexibility index (Phi) is 7.67. The molecule has 4 aromatic rings. The molecule has 0 aliphatic rings. The number of fused-ring (bicyclic) bond motifs is 1. The quantitative estimate of drug-likeness (QED) is 0.272. The molecule has 0 aliphatic carbocycles. The summed E-state index contributed by atoms with van der Waals surface area (Å²) in [5.74, 6) is 1.39. The molecule has 0 spiro atoms. The minimum absolute atomic E-state index is 0.107. The molecular weight excluding hydrogens is 466 g/mol. The van der Waals surface area contributed by atoms with E-state index in [4.69, 9.17) is 13.9 Å². The van der Waals surface area contributed by atoms with Crippen LogP contribution in [0, 0.1) is 13.8 Å². The average Bonchev–Trinajstić information content (AvgIpc) is 2.83. The molecule has 1 N–H and O–H groups in total. The zero-order valence-corrected chi connectivity index (χ0v) is 22.2. The number of para-hydroxylation sites is 1. The van der Waals surface area contributed by atoms with Gasteiger partial charge in [-0.25, -0.2) is 0 Å². The molecule has 0 atom stereocenters. The second-order valence-electron chi connectivity index (χ2n) is 9.97. The van der Waals surface area contributed by atoms with Gasteiger partial charge in [-0.15, -0.1) is 0 Å². The largest absolute Gasteiger partial charge is 0.484 e. The molecule has 0 fully saturated rings. The number of carbonyl (C=O) groups excluding carboxylic acids is 1. The number of anilines is 1. The van der Waals surface area contributed by atoms with E-state index < -0.39 is 0 Å². The number of carbonyl (C=O) groups is 1. The van der Waals surface area contributed by atoms with E-state index in [1.807, 2.05) is 50.2 Å². The highest BCUT2D eigenvalue weighted by atomic mass is 16.5. The van der Waals surface area contributed by atoms with Crippen LogP contribution in [0.5, 0.6) is 17.2 Å². The number of aryl methyl sites for hydroxylation is 2. The van der Waals surface area contributed by atoms with Crippen LogP contribution in [0.2, 0.25) is 0 Å². The topological polar surface area (TPSA) is 77.8 Å². The number of nitrogens with one attached hydrogen (secondary N) is 1. The minimum atomic E-state index is -0.281.